The van der Waals surface area contributed by atoms with Gasteiger partial charge in [-0.15, -0.1) is 0 Å². The lowest BCUT2D eigenvalue weighted by Crippen LogP contribution is -2.22. The van der Waals surface area contributed by atoms with E-state index in [1.807, 2.05) is 6.07 Å². The van der Waals surface area contributed by atoms with E-state index in [9.17, 15) is 18.3 Å². The van der Waals surface area contributed by atoms with Crippen LogP contribution in [0, 0.1) is 0 Å². The summed E-state index contributed by atoms with van der Waals surface area (Å²) in [4.78, 5) is 0. The Morgan fingerprint density at radius 2 is 1.57 bits per heavy atom. The Labute approximate surface area is 121 Å². The van der Waals surface area contributed by atoms with E-state index in [0.717, 1.165) is 11.6 Å². The van der Waals surface area contributed by atoms with Crippen molar-refractivity contribution in [2.75, 3.05) is 6.54 Å². The molecule has 0 heterocycles. The minimum atomic E-state index is -4.36. The minimum absolute atomic E-state index is 0.0551. The highest BCUT2D eigenvalue weighted by Crippen LogP contribution is 2.31. The van der Waals surface area contributed by atoms with Crippen LogP contribution in [-0.4, -0.2) is 11.7 Å². The standard InChI is InChI=1S/C16H16F3NO/c17-16(18,19)14-9-5-4-8-13(14)10-20-11-15(21)12-6-2-1-3-7-12/h1-9,15,20-21H,10-11H2/t15-/m0/s1. The van der Waals surface area contributed by atoms with Crippen LogP contribution in [0.2, 0.25) is 0 Å². The monoisotopic (exact) mass is 295 g/mol. The van der Waals surface area contributed by atoms with Crippen molar-refractivity contribution >= 4 is 0 Å². The molecular weight excluding hydrogens is 279 g/mol. The van der Waals surface area contributed by atoms with Crippen LogP contribution >= 0.6 is 0 Å². The number of hydrogen-bond donors (Lipinski definition) is 2. The smallest absolute Gasteiger partial charge is 0.387 e. The van der Waals surface area contributed by atoms with Gasteiger partial charge in [-0.25, -0.2) is 0 Å². The van der Waals surface area contributed by atoms with Crippen LogP contribution in [0.25, 0.3) is 0 Å². The number of halogens is 3. The number of nitrogens with one attached hydrogen (secondary N) is 1. The molecule has 2 aromatic rings. The predicted octanol–water partition coefficient (Wildman–Crippen LogP) is 3.53. The van der Waals surface area contributed by atoms with Crippen molar-refractivity contribution in [1.29, 1.82) is 0 Å². The fourth-order valence-electron chi connectivity index (χ4n) is 2.09. The van der Waals surface area contributed by atoms with Gasteiger partial charge in [0.2, 0.25) is 0 Å². The molecule has 0 bridgehead atoms. The van der Waals surface area contributed by atoms with E-state index in [4.69, 9.17) is 0 Å². The largest absolute Gasteiger partial charge is 0.416 e. The molecule has 2 N–H and O–H groups in total. The summed E-state index contributed by atoms with van der Waals surface area (Å²) in [6.07, 6.45) is -5.11. The molecule has 1 atom stereocenters. The number of aliphatic hydroxyl groups excluding tert-OH is 1. The maximum Gasteiger partial charge on any atom is 0.416 e. The molecule has 5 heteroatoms. The van der Waals surface area contributed by atoms with Gasteiger partial charge in [-0.2, -0.15) is 13.2 Å². The summed E-state index contributed by atoms with van der Waals surface area (Å²) in [5.74, 6) is 0. The molecule has 0 aromatic heterocycles. The Hall–Kier alpha value is -1.85. The van der Waals surface area contributed by atoms with Gasteiger partial charge < -0.3 is 10.4 Å². The van der Waals surface area contributed by atoms with Crippen molar-refractivity contribution in [2.24, 2.45) is 0 Å². The van der Waals surface area contributed by atoms with Gasteiger partial charge in [-0.3, -0.25) is 0 Å². The molecule has 0 aliphatic heterocycles. The molecule has 0 fully saturated rings. The highest BCUT2D eigenvalue weighted by molar-refractivity contribution is 5.29. The first-order valence-corrected chi connectivity index (χ1v) is 6.57. The van der Waals surface area contributed by atoms with Crippen LogP contribution in [0.5, 0.6) is 0 Å². The average molecular weight is 295 g/mol. The SMILES string of the molecule is O[C@@H](CNCc1ccccc1C(F)(F)F)c1ccccc1. The van der Waals surface area contributed by atoms with Gasteiger partial charge in [0.05, 0.1) is 11.7 Å². The summed E-state index contributed by atoms with van der Waals surface area (Å²) < 4.78 is 38.5. The lowest BCUT2D eigenvalue weighted by atomic mass is 10.1. The Bertz CT molecular complexity index is 569. The molecule has 21 heavy (non-hydrogen) atoms. The second kappa shape index (κ2) is 6.74. The molecule has 0 saturated carbocycles. The van der Waals surface area contributed by atoms with Crippen LogP contribution in [0.4, 0.5) is 13.2 Å². The zero-order valence-electron chi connectivity index (χ0n) is 11.3. The molecule has 0 unspecified atom stereocenters. The summed E-state index contributed by atoms with van der Waals surface area (Å²) >= 11 is 0. The highest BCUT2D eigenvalue weighted by Gasteiger charge is 2.32. The van der Waals surface area contributed by atoms with Gasteiger partial charge >= 0.3 is 6.18 Å². The highest BCUT2D eigenvalue weighted by atomic mass is 19.4. The van der Waals surface area contributed by atoms with E-state index in [1.165, 1.54) is 12.1 Å². The summed E-state index contributed by atoms with van der Waals surface area (Å²) in [6, 6.07) is 14.4. The Morgan fingerprint density at radius 1 is 0.952 bits per heavy atom. The summed E-state index contributed by atoms with van der Waals surface area (Å²) in [5.41, 5.74) is 0.256. The molecule has 112 valence electrons. The first kappa shape index (κ1) is 15.5. The summed E-state index contributed by atoms with van der Waals surface area (Å²) in [5, 5.41) is 12.8. The quantitative estimate of drug-likeness (QED) is 0.884. The van der Waals surface area contributed by atoms with Gasteiger partial charge in [0.25, 0.3) is 0 Å². The maximum atomic E-state index is 12.8. The minimum Gasteiger partial charge on any atom is -0.387 e. The lowest BCUT2D eigenvalue weighted by Gasteiger charge is -2.15. The second-order valence-electron chi connectivity index (χ2n) is 4.71. The molecule has 0 spiro atoms. The number of hydrogen-bond acceptors (Lipinski definition) is 2. The molecule has 0 aliphatic carbocycles. The molecule has 2 aromatic carbocycles. The first-order chi connectivity index (χ1) is 9.98. The molecule has 2 rings (SSSR count). The summed E-state index contributed by atoms with van der Waals surface area (Å²) in [6.45, 7) is 0.246. The first-order valence-electron chi connectivity index (χ1n) is 6.57. The summed E-state index contributed by atoms with van der Waals surface area (Å²) in [7, 11) is 0. The van der Waals surface area contributed by atoms with E-state index in [1.54, 1.807) is 30.3 Å². The zero-order valence-corrected chi connectivity index (χ0v) is 11.3. The molecular formula is C16H16F3NO. The van der Waals surface area contributed by atoms with Gasteiger partial charge in [-0.05, 0) is 17.2 Å². The van der Waals surface area contributed by atoms with Gasteiger partial charge in [0.1, 0.15) is 0 Å². The predicted molar refractivity (Wildman–Crippen MR) is 74.6 cm³/mol. The third-order valence-electron chi connectivity index (χ3n) is 3.16. The number of aliphatic hydroxyl groups is 1. The van der Waals surface area contributed by atoms with Gasteiger partial charge in [0, 0.05) is 13.1 Å². The van der Waals surface area contributed by atoms with Crippen LogP contribution < -0.4 is 5.32 Å². The molecule has 2 nitrogen and oxygen atoms in total. The van der Waals surface area contributed by atoms with Crippen molar-refractivity contribution in [3.8, 4) is 0 Å². The van der Waals surface area contributed by atoms with Gasteiger partial charge in [0.15, 0.2) is 0 Å². The van der Waals surface area contributed by atoms with Crippen molar-refractivity contribution in [3.63, 3.8) is 0 Å². The van der Waals surface area contributed by atoms with Gasteiger partial charge in [-0.1, -0.05) is 48.5 Å². The third-order valence-corrected chi connectivity index (χ3v) is 3.16. The molecule has 0 amide bonds. The number of benzene rings is 2. The fourth-order valence-corrected chi connectivity index (χ4v) is 2.09. The van der Waals surface area contributed by atoms with Crippen LogP contribution in [0.15, 0.2) is 54.6 Å². The maximum absolute atomic E-state index is 12.8. The second-order valence-corrected chi connectivity index (χ2v) is 4.71. The normalized spacial score (nSPS) is 13.1. The average Bonchev–Trinajstić information content (AvgIpc) is 2.47. The van der Waals surface area contributed by atoms with Crippen molar-refractivity contribution in [3.05, 3.63) is 71.3 Å². The van der Waals surface area contributed by atoms with E-state index >= 15 is 0 Å². The number of rotatable bonds is 5. The molecule has 0 radical (unpaired) electrons. The Balaban J connectivity index is 1.95. The van der Waals surface area contributed by atoms with E-state index < -0.39 is 17.8 Å². The lowest BCUT2D eigenvalue weighted by molar-refractivity contribution is -0.138. The Kier molecular flexibility index (Phi) is 4.98. The fraction of sp³-hybridized carbons (Fsp3) is 0.250. The van der Waals surface area contributed by atoms with E-state index in [0.29, 0.717) is 0 Å². The van der Waals surface area contributed by atoms with Crippen LogP contribution in [0.3, 0.4) is 0 Å². The van der Waals surface area contributed by atoms with Crippen molar-refractivity contribution in [1.82, 2.24) is 5.32 Å². The zero-order chi connectivity index (χ0) is 15.3. The van der Waals surface area contributed by atoms with Crippen LogP contribution in [-0.2, 0) is 12.7 Å². The molecule has 0 aliphatic rings. The molecule has 0 saturated heterocycles. The number of alkyl halides is 3. The third kappa shape index (κ3) is 4.31. The van der Waals surface area contributed by atoms with Crippen molar-refractivity contribution < 1.29 is 18.3 Å². The van der Waals surface area contributed by atoms with Crippen molar-refractivity contribution in [2.45, 2.75) is 18.8 Å². The topological polar surface area (TPSA) is 32.3 Å². The van der Waals surface area contributed by atoms with E-state index in [-0.39, 0.29) is 18.7 Å². The Morgan fingerprint density at radius 3 is 2.24 bits per heavy atom. The van der Waals surface area contributed by atoms with E-state index in [2.05, 4.69) is 5.32 Å². The van der Waals surface area contributed by atoms with Crippen LogP contribution in [0.1, 0.15) is 22.8 Å².